The minimum absolute atomic E-state index is 0.234. The third-order valence-electron chi connectivity index (χ3n) is 23.9. The van der Waals surface area contributed by atoms with E-state index in [9.17, 15) is 20.2 Å². The van der Waals surface area contributed by atoms with Gasteiger partial charge in [-0.25, -0.2) is 39.1 Å². The maximum Gasteiger partial charge on any atom is 0.212 e. The summed E-state index contributed by atoms with van der Waals surface area (Å²) in [5, 5.41) is 34.1. The van der Waals surface area contributed by atoms with E-state index >= 15 is 0 Å². The summed E-state index contributed by atoms with van der Waals surface area (Å²) in [6.45, 7) is 8.65. The maximum absolute atomic E-state index is 14.2. The van der Waals surface area contributed by atoms with Crippen molar-refractivity contribution in [3.05, 3.63) is 442 Å². The van der Waals surface area contributed by atoms with Gasteiger partial charge in [0, 0.05) is 88.2 Å². The summed E-state index contributed by atoms with van der Waals surface area (Å²) in [7, 11) is 0. The normalized spacial score (nSPS) is 12.7. The topological polar surface area (TPSA) is 192 Å². The molecule has 0 saturated heterocycles. The van der Waals surface area contributed by atoms with Gasteiger partial charge >= 0.3 is 0 Å². The van der Waals surface area contributed by atoms with E-state index < -0.39 is 16.6 Å². The number of fused-ring (bicyclic) bond motifs is 24. The van der Waals surface area contributed by atoms with Crippen LogP contribution in [0.5, 0.6) is 23.0 Å². The molecule has 24 rings (SSSR count). The molecule has 0 amide bonds. The molecule has 572 valence electrons. The van der Waals surface area contributed by atoms with E-state index in [-0.39, 0.29) is 17.0 Å². The summed E-state index contributed by atoms with van der Waals surface area (Å²) in [6, 6.07) is 128. The van der Waals surface area contributed by atoms with Crippen molar-refractivity contribution in [2.24, 2.45) is 0 Å². The van der Waals surface area contributed by atoms with Gasteiger partial charge in [-0.1, -0.05) is 279 Å². The third-order valence-corrected chi connectivity index (χ3v) is 23.9. The lowest BCUT2D eigenvalue weighted by Crippen LogP contribution is -2.32. The number of rotatable bonds is 7. The van der Waals surface area contributed by atoms with Crippen molar-refractivity contribution < 1.29 is 13.9 Å². The molecule has 0 saturated carbocycles. The fourth-order valence-corrected chi connectivity index (χ4v) is 18.7. The van der Waals surface area contributed by atoms with E-state index in [1.54, 1.807) is 24.3 Å². The van der Waals surface area contributed by atoms with Crippen molar-refractivity contribution >= 4 is 49.3 Å². The van der Waals surface area contributed by atoms with E-state index in [0.717, 1.165) is 94.9 Å². The van der Waals surface area contributed by atoms with Crippen LogP contribution in [0.3, 0.4) is 0 Å². The summed E-state index contributed by atoms with van der Waals surface area (Å²) in [5.74, 6) is 5.13. The number of H-pyrrole nitrogens is 1. The first-order valence-corrected chi connectivity index (χ1v) is 40.1. The number of benzene rings is 16. The van der Waals surface area contributed by atoms with Crippen LogP contribution in [0.25, 0.3) is 145 Å². The third kappa shape index (κ3) is 11.4. The lowest BCUT2D eigenvalue weighted by molar-refractivity contribution is 0.436. The van der Waals surface area contributed by atoms with Crippen LogP contribution in [0.2, 0.25) is 0 Å². The van der Waals surface area contributed by atoms with Crippen LogP contribution in [0.15, 0.2) is 364 Å². The second kappa shape index (κ2) is 29.1. The Hall–Kier alpha value is -17.4. The number of nitrogens with one attached hydrogen (secondary N) is 1. The molecule has 15 heteroatoms. The molecule has 4 aromatic heterocycles. The number of aromatic nitrogens is 8. The first kappa shape index (κ1) is 72.1. The maximum atomic E-state index is 14.2. The summed E-state index contributed by atoms with van der Waals surface area (Å²) in [6.07, 6.45) is 0. The molecule has 123 heavy (non-hydrogen) atoms. The Kier molecular flexibility index (Phi) is 17.0. The molecule has 16 aromatic carbocycles. The molecule has 0 radical (unpaired) electrons. The zero-order valence-corrected chi connectivity index (χ0v) is 65.3. The molecular weight excluding hydrogens is 1520 g/mol. The van der Waals surface area contributed by atoms with Gasteiger partial charge < -0.3 is 19.0 Å². The van der Waals surface area contributed by atoms with Crippen LogP contribution in [0, 0.1) is 46.4 Å². The van der Waals surface area contributed by atoms with Crippen molar-refractivity contribution in [2.75, 3.05) is 0 Å². The average Bonchev–Trinajstić information content (AvgIpc) is 1.54. The number of ether oxygens (including phenoxy) is 2. The second-order valence-corrected chi connectivity index (χ2v) is 30.5. The Labute approximate surface area is 704 Å². The predicted octanol–water partition coefficient (Wildman–Crippen LogP) is 25.4. The Morgan fingerprint density at radius 3 is 1.09 bits per heavy atom. The van der Waals surface area contributed by atoms with Crippen LogP contribution >= 0.6 is 0 Å². The van der Waals surface area contributed by atoms with Crippen LogP contribution in [0.1, 0.15) is 61.2 Å². The van der Waals surface area contributed by atoms with E-state index in [2.05, 4.69) is 217 Å². The van der Waals surface area contributed by atoms with Crippen molar-refractivity contribution in [3.8, 4) is 137 Å². The quantitative estimate of drug-likeness (QED) is 0.149. The minimum Gasteiger partial charge on any atom is -0.457 e. The van der Waals surface area contributed by atoms with Gasteiger partial charge in [0.05, 0.1) is 56.9 Å². The molecule has 14 nitrogen and oxygen atoms in total. The number of nitriles is 3. The van der Waals surface area contributed by atoms with E-state index in [1.807, 2.05) is 158 Å². The number of para-hydroxylation sites is 6. The van der Waals surface area contributed by atoms with Crippen molar-refractivity contribution in [1.29, 1.82) is 15.8 Å². The fraction of sp³-hybridized carbons (Fsp3) is 0.0185. The molecule has 0 unspecified atom stereocenters. The van der Waals surface area contributed by atoms with Crippen LogP contribution in [0.4, 0.5) is 10.1 Å². The van der Waals surface area contributed by atoms with Crippen molar-refractivity contribution in [1.82, 2.24) is 39.5 Å². The predicted molar refractivity (Wildman–Crippen MR) is 478 cm³/mol. The first-order chi connectivity index (χ1) is 60.7. The van der Waals surface area contributed by atoms with Gasteiger partial charge in [0.2, 0.25) is 5.69 Å². The van der Waals surface area contributed by atoms with E-state index in [0.29, 0.717) is 57.2 Å². The molecule has 1 N–H and O–H groups in total. The molecular formula is C108H61FN12O2. The SMILES string of the molecule is N#Cc1cc(-c2nc(-c3ccccc3)nc(-c3ccccc3)n2)cc(C#N)c1F.[C-]#[N+]c1cc(-c2nc(-c3ccccc3)nc(-c3ccccc3)n2)cc(C#N)c1-n1c2ccccc2c2cc3c(cc21)C1(c2ccccc2Oc2ccccc21)c1ccccc1-3.c1ccc2c(c1)Oc1ccccc1C21c2ccccc2-c2cc3c(cc21)[nH]c1ccccc13. The fourth-order valence-electron chi connectivity index (χ4n) is 18.7. The molecule has 2 aliphatic carbocycles. The summed E-state index contributed by atoms with van der Waals surface area (Å²) in [4.78, 5) is 36.1. The highest BCUT2D eigenvalue weighted by molar-refractivity contribution is 6.14. The largest absolute Gasteiger partial charge is 0.457 e. The Bertz CT molecular complexity index is 7700. The average molecular weight is 1580 g/mol. The highest BCUT2D eigenvalue weighted by Crippen LogP contribution is 2.65. The first-order valence-electron chi connectivity index (χ1n) is 40.1. The summed E-state index contributed by atoms with van der Waals surface area (Å²) in [5.41, 5.74) is 22.2. The minimum atomic E-state index is -0.848. The van der Waals surface area contributed by atoms with Crippen molar-refractivity contribution in [2.45, 2.75) is 10.8 Å². The van der Waals surface area contributed by atoms with Gasteiger partial charge in [0.25, 0.3) is 0 Å². The van der Waals surface area contributed by atoms with Gasteiger partial charge in [-0.15, -0.1) is 0 Å². The molecule has 2 aliphatic heterocycles. The number of halogens is 1. The summed E-state index contributed by atoms with van der Waals surface area (Å²) < 4.78 is 29.3. The molecule has 0 bridgehead atoms. The number of hydrogen-bond donors (Lipinski definition) is 1. The van der Waals surface area contributed by atoms with Gasteiger partial charge in [0.1, 0.15) is 35.1 Å². The standard InChI is InChI=1S/C54H30N6O.C31H19NO.C23H12FN5/c1-56-45-29-35(53-58-51(33-16-4-2-5-17-33)57-52(59-53)34-18-6-3-7-19-34)28-36(32-55)50(45)60-46-25-13-9-21-38(46)40-30-39-37-20-8-10-22-41(37)54(44(39)31-47(40)60)42-23-11-14-26-48(42)61-49-27-15-12-24-43(49)54;1-3-11-23-19(9-1)21-17-22-20-10-2-6-14-27(20)32-28(22)18-26(21)31(23)24-12-4-7-15-29(24)33-30-16-8-5-13-25(30)31;24-20-18(13-25)11-17(12-19(20)14-26)23-28-21(15-7-3-1-4-8-15)27-22(29-23)16-9-5-2-6-10-16/h2-31H;1-18,32H;1-12H. The Morgan fingerprint density at radius 2 is 0.650 bits per heavy atom. The zero-order valence-electron chi connectivity index (χ0n) is 65.3. The van der Waals surface area contributed by atoms with Gasteiger partial charge in [0.15, 0.2) is 40.8 Å². The van der Waals surface area contributed by atoms with Crippen LogP contribution < -0.4 is 9.47 Å². The number of hydrogen-bond acceptors (Lipinski definition) is 11. The Morgan fingerprint density at radius 1 is 0.301 bits per heavy atom. The van der Waals surface area contributed by atoms with Crippen molar-refractivity contribution in [3.63, 3.8) is 0 Å². The summed E-state index contributed by atoms with van der Waals surface area (Å²) >= 11 is 0. The second-order valence-electron chi connectivity index (χ2n) is 30.5. The molecule has 4 aliphatic rings. The monoisotopic (exact) mass is 1580 g/mol. The number of aromatic amines is 1. The van der Waals surface area contributed by atoms with Gasteiger partial charge in [-0.3, -0.25) is 0 Å². The molecule has 2 spiro atoms. The zero-order chi connectivity index (χ0) is 82.4. The molecule has 0 fully saturated rings. The highest BCUT2D eigenvalue weighted by Gasteiger charge is 2.53. The molecule has 0 atom stereocenters. The molecule has 6 heterocycles. The van der Waals surface area contributed by atoms with Crippen LogP contribution in [-0.2, 0) is 10.8 Å². The molecule has 20 aromatic rings. The Balaban J connectivity index is 0.000000122. The van der Waals surface area contributed by atoms with E-state index in [4.69, 9.17) is 31.0 Å². The number of nitrogens with zero attached hydrogens (tertiary/aromatic N) is 11. The van der Waals surface area contributed by atoms with Gasteiger partial charge in [-0.2, -0.15) is 15.8 Å². The van der Waals surface area contributed by atoms with Crippen LogP contribution in [-0.4, -0.2) is 39.5 Å². The smallest absolute Gasteiger partial charge is 0.212 e. The highest BCUT2D eigenvalue weighted by atomic mass is 19.1. The van der Waals surface area contributed by atoms with Gasteiger partial charge in [-0.05, 0) is 129 Å². The lowest BCUT2D eigenvalue weighted by Gasteiger charge is -2.39. The lowest BCUT2D eigenvalue weighted by atomic mass is 9.66. The van der Waals surface area contributed by atoms with E-state index in [1.165, 1.54) is 72.9 Å².